The fraction of sp³-hybridized carbons (Fsp3) is 0.154. The normalized spacial score (nSPS) is 10.2. The standard InChI is InChI=1S/C13H14N2OS/c1-9-3-5-11(6-4-9)14-13-15-12(8-17-13)7-10(2)16/h3-6,8,16H,2,7H2,1H3,(H,14,15). The number of nitrogens with zero attached hydrogens (tertiary/aromatic N) is 1. The summed E-state index contributed by atoms with van der Waals surface area (Å²) in [6, 6.07) is 8.13. The first-order chi connectivity index (χ1) is 8.13. The minimum absolute atomic E-state index is 0.136. The van der Waals surface area contributed by atoms with E-state index in [4.69, 9.17) is 5.11 Å². The molecule has 0 aliphatic heterocycles. The van der Waals surface area contributed by atoms with E-state index in [-0.39, 0.29) is 5.76 Å². The summed E-state index contributed by atoms with van der Waals surface area (Å²) < 4.78 is 0. The topological polar surface area (TPSA) is 45.1 Å². The summed E-state index contributed by atoms with van der Waals surface area (Å²) in [5.74, 6) is 0.136. The third-order valence-electron chi connectivity index (χ3n) is 2.24. The summed E-state index contributed by atoms with van der Waals surface area (Å²) in [4.78, 5) is 4.35. The molecule has 3 nitrogen and oxygen atoms in total. The molecule has 17 heavy (non-hydrogen) atoms. The number of thiazole rings is 1. The van der Waals surface area contributed by atoms with Crippen molar-refractivity contribution in [3.05, 3.63) is 53.2 Å². The van der Waals surface area contributed by atoms with Crippen molar-refractivity contribution in [2.45, 2.75) is 13.3 Å². The van der Waals surface area contributed by atoms with Crippen LogP contribution >= 0.6 is 11.3 Å². The molecule has 0 aliphatic carbocycles. The smallest absolute Gasteiger partial charge is 0.187 e. The van der Waals surface area contributed by atoms with E-state index in [1.54, 1.807) is 0 Å². The fourth-order valence-electron chi connectivity index (χ4n) is 1.42. The number of allylic oxidation sites excluding steroid dienone is 1. The number of aliphatic hydroxyl groups is 1. The van der Waals surface area contributed by atoms with Gasteiger partial charge in [-0.1, -0.05) is 24.3 Å². The highest BCUT2D eigenvalue weighted by molar-refractivity contribution is 7.13. The fourth-order valence-corrected chi connectivity index (χ4v) is 2.15. The Labute approximate surface area is 104 Å². The Morgan fingerprint density at radius 3 is 2.76 bits per heavy atom. The molecule has 2 aromatic rings. The molecule has 1 aromatic carbocycles. The van der Waals surface area contributed by atoms with Gasteiger partial charge < -0.3 is 10.4 Å². The van der Waals surface area contributed by atoms with Gasteiger partial charge in [-0.25, -0.2) is 4.98 Å². The van der Waals surface area contributed by atoms with E-state index in [0.29, 0.717) is 6.42 Å². The molecule has 0 fully saturated rings. The van der Waals surface area contributed by atoms with Crippen LogP contribution in [0.15, 0.2) is 42.0 Å². The Bertz CT molecular complexity index is 516. The summed E-state index contributed by atoms with van der Waals surface area (Å²) in [6.45, 7) is 5.51. The number of aromatic nitrogens is 1. The second kappa shape index (κ2) is 5.01. The molecule has 0 atom stereocenters. The van der Waals surface area contributed by atoms with Crippen LogP contribution in [0.5, 0.6) is 0 Å². The Morgan fingerprint density at radius 1 is 1.41 bits per heavy atom. The zero-order valence-corrected chi connectivity index (χ0v) is 10.4. The highest BCUT2D eigenvalue weighted by Crippen LogP contribution is 2.21. The maximum atomic E-state index is 9.09. The van der Waals surface area contributed by atoms with Gasteiger partial charge in [0.15, 0.2) is 5.13 Å². The quantitative estimate of drug-likeness (QED) is 0.806. The predicted octanol–water partition coefficient (Wildman–Crippen LogP) is 3.81. The third-order valence-corrected chi connectivity index (χ3v) is 3.05. The molecule has 0 bridgehead atoms. The van der Waals surface area contributed by atoms with Crippen molar-refractivity contribution in [3.8, 4) is 0 Å². The zero-order chi connectivity index (χ0) is 12.3. The van der Waals surface area contributed by atoms with Gasteiger partial charge in [0.05, 0.1) is 11.5 Å². The summed E-state index contributed by atoms with van der Waals surface area (Å²) in [5.41, 5.74) is 3.07. The molecule has 88 valence electrons. The summed E-state index contributed by atoms with van der Waals surface area (Å²) >= 11 is 1.52. The van der Waals surface area contributed by atoms with Crippen molar-refractivity contribution in [1.82, 2.24) is 4.98 Å². The molecule has 4 heteroatoms. The van der Waals surface area contributed by atoms with Gasteiger partial charge in [0.25, 0.3) is 0 Å². The maximum Gasteiger partial charge on any atom is 0.187 e. The minimum atomic E-state index is 0.136. The van der Waals surface area contributed by atoms with Crippen LogP contribution in [0.2, 0.25) is 0 Å². The average Bonchev–Trinajstić information content (AvgIpc) is 2.68. The van der Waals surface area contributed by atoms with Crippen LogP contribution in [0.4, 0.5) is 10.8 Å². The van der Waals surface area contributed by atoms with Crippen molar-refractivity contribution in [2.75, 3.05) is 5.32 Å². The molecule has 1 heterocycles. The van der Waals surface area contributed by atoms with Crippen LogP contribution in [0.3, 0.4) is 0 Å². The van der Waals surface area contributed by atoms with E-state index >= 15 is 0 Å². The lowest BCUT2D eigenvalue weighted by atomic mass is 10.2. The van der Waals surface area contributed by atoms with Crippen LogP contribution in [-0.2, 0) is 6.42 Å². The Kier molecular flexibility index (Phi) is 3.44. The number of hydrogen-bond donors (Lipinski definition) is 2. The average molecular weight is 246 g/mol. The number of hydrogen-bond acceptors (Lipinski definition) is 4. The van der Waals surface area contributed by atoms with Gasteiger partial charge in [0.1, 0.15) is 0 Å². The van der Waals surface area contributed by atoms with Crippen molar-refractivity contribution in [2.24, 2.45) is 0 Å². The van der Waals surface area contributed by atoms with Crippen molar-refractivity contribution < 1.29 is 5.11 Å². The lowest BCUT2D eigenvalue weighted by Gasteiger charge is -2.02. The number of aliphatic hydroxyl groups excluding tert-OH is 1. The van der Waals surface area contributed by atoms with Crippen LogP contribution in [-0.4, -0.2) is 10.1 Å². The SMILES string of the molecule is C=C(O)Cc1csc(Nc2ccc(C)cc2)n1. The van der Waals surface area contributed by atoms with Gasteiger partial charge in [-0.15, -0.1) is 11.3 Å². The highest BCUT2D eigenvalue weighted by Gasteiger charge is 2.03. The van der Waals surface area contributed by atoms with Gasteiger partial charge in [0, 0.05) is 17.5 Å². The van der Waals surface area contributed by atoms with Gasteiger partial charge in [-0.2, -0.15) is 0 Å². The number of aryl methyl sites for hydroxylation is 1. The van der Waals surface area contributed by atoms with Crippen LogP contribution in [0.1, 0.15) is 11.3 Å². The van der Waals surface area contributed by atoms with Gasteiger partial charge in [-0.3, -0.25) is 0 Å². The van der Waals surface area contributed by atoms with Gasteiger partial charge in [-0.05, 0) is 19.1 Å². The lowest BCUT2D eigenvalue weighted by Crippen LogP contribution is -1.92. The van der Waals surface area contributed by atoms with E-state index in [1.165, 1.54) is 16.9 Å². The molecular formula is C13H14N2OS. The summed E-state index contributed by atoms with van der Waals surface area (Å²) in [6.07, 6.45) is 0.409. The molecule has 0 saturated carbocycles. The number of anilines is 2. The number of rotatable bonds is 4. The number of benzene rings is 1. The van der Waals surface area contributed by atoms with Gasteiger partial charge in [0.2, 0.25) is 0 Å². The van der Waals surface area contributed by atoms with Crippen molar-refractivity contribution in [1.29, 1.82) is 0 Å². The minimum Gasteiger partial charge on any atom is -0.513 e. The Morgan fingerprint density at radius 2 is 2.12 bits per heavy atom. The van der Waals surface area contributed by atoms with Crippen molar-refractivity contribution in [3.63, 3.8) is 0 Å². The third kappa shape index (κ3) is 3.32. The number of nitrogens with one attached hydrogen (secondary N) is 1. The van der Waals surface area contributed by atoms with Crippen molar-refractivity contribution >= 4 is 22.2 Å². The molecule has 0 unspecified atom stereocenters. The lowest BCUT2D eigenvalue weighted by molar-refractivity contribution is 0.400. The molecule has 0 amide bonds. The second-order valence-electron chi connectivity index (χ2n) is 3.88. The van der Waals surface area contributed by atoms with Crippen LogP contribution in [0.25, 0.3) is 0 Å². The molecule has 1 aromatic heterocycles. The first-order valence-corrected chi connectivity index (χ1v) is 6.16. The maximum absolute atomic E-state index is 9.09. The Hall–Kier alpha value is -1.81. The first kappa shape index (κ1) is 11.7. The molecule has 2 N–H and O–H groups in total. The van der Waals surface area contributed by atoms with Crippen LogP contribution in [0, 0.1) is 6.92 Å². The van der Waals surface area contributed by atoms with E-state index in [2.05, 4.69) is 23.8 Å². The van der Waals surface area contributed by atoms with E-state index in [9.17, 15) is 0 Å². The molecule has 0 spiro atoms. The highest BCUT2D eigenvalue weighted by atomic mass is 32.1. The molecule has 2 rings (SSSR count). The first-order valence-electron chi connectivity index (χ1n) is 5.28. The zero-order valence-electron chi connectivity index (χ0n) is 9.60. The van der Waals surface area contributed by atoms with Gasteiger partial charge >= 0.3 is 0 Å². The summed E-state index contributed by atoms with van der Waals surface area (Å²) in [5, 5.41) is 15.0. The molecule has 0 radical (unpaired) electrons. The predicted molar refractivity (Wildman–Crippen MR) is 72.0 cm³/mol. The second-order valence-corrected chi connectivity index (χ2v) is 4.74. The Balaban J connectivity index is 2.06. The molecular weight excluding hydrogens is 232 g/mol. The van der Waals surface area contributed by atoms with Crippen LogP contribution < -0.4 is 5.32 Å². The van der Waals surface area contributed by atoms with E-state index in [0.717, 1.165) is 16.5 Å². The summed E-state index contributed by atoms with van der Waals surface area (Å²) in [7, 11) is 0. The molecule has 0 saturated heterocycles. The largest absolute Gasteiger partial charge is 0.513 e. The van der Waals surface area contributed by atoms with E-state index < -0.39 is 0 Å². The van der Waals surface area contributed by atoms with E-state index in [1.807, 2.05) is 29.6 Å². The monoisotopic (exact) mass is 246 g/mol. The molecule has 0 aliphatic rings.